The van der Waals surface area contributed by atoms with Crippen LogP contribution in [0.4, 0.5) is 0 Å². The van der Waals surface area contributed by atoms with Gasteiger partial charge in [-0.3, -0.25) is 9.80 Å². The largest absolute Gasteiger partial charge is 0.313 e. The summed E-state index contributed by atoms with van der Waals surface area (Å²) in [5.41, 5.74) is 0. The van der Waals surface area contributed by atoms with Crippen molar-refractivity contribution in [1.29, 1.82) is 0 Å². The van der Waals surface area contributed by atoms with Crippen LogP contribution in [0.3, 0.4) is 0 Å². The lowest BCUT2D eigenvalue weighted by Gasteiger charge is -2.35. The summed E-state index contributed by atoms with van der Waals surface area (Å²) in [5.74, 6) is 0. The van der Waals surface area contributed by atoms with Gasteiger partial charge in [-0.05, 0) is 27.4 Å². The monoisotopic (exact) mass is 256 g/mol. The average Bonchev–Trinajstić information content (AvgIpc) is 2.37. The minimum Gasteiger partial charge on any atom is -0.313 e. The highest BCUT2D eigenvalue weighted by Crippen LogP contribution is 2.01. The molecule has 1 heterocycles. The van der Waals surface area contributed by atoms with E-state index in [2.05, 4.69) is 48.0 Å². The fourth-order valence-electron chi connectivity index (χ4n) is 2.19. The molecule has 0 aromatic heterocycles. The molecule has 0 bridgehead atoms. The first-order chi connectivity index (χ1) is 8.61. The third-order valence-corrected chi connectivity index (χ3v) is 3.86. The Morgan fingerprint density at radius 1 is 1.06 bits per heavy atom. The Kier molecular flexibility index (Phi) is 7.82. The van der Waals surface area contributed by atoms with Crippen LogP contribution in [0.15, 0.2) is 0 Å². The lowest BCUT2D eigenvalue weighted by Crippen LogP contribution is -2.49. The van der Waals surface area contributed by atoms with Crippen molar-refractivity contribution in [3.8, 4) is 0 Å². The van der Waals surface area contributed by atoms with Crippen LogP contribution in [0.5, 0.6) is 0 Å². The molecule has 0 radical (unpaired) electrons. The summed E-state index contributed by atoms with van der Waals surface area (Å²) in [5, 5.41) is 3.57. The first kappa shape index (κ1) is 15.9. The quantitative estimate of drug-likeness (QED) is 0.685. The average molecular weight is 256 g/mol. The molecule has 0 aliphatic carbocycles. The van der Waals surface area contributed by atoms with Crippen LogP contribution in [0.2, 0.25) is 0 Å². The van der Waals surface area contributed by atoms with Gasteiger partial charge in [0.15, 0.2) is 0 Å². The predicted octanol–water partition coefficient (Wildman–Crippen LogP) is 0.554. The number of likely N-dealkylation sites (N-methyl/N-ethyl adjacent to an activating group) is 1. The van der Waals surface area contributed by atoms with E-state index in [9.17, 15) is 0 Å². The number of nitrogens with one attached hydrogen (secondary N) is 1. The van der Waals surface area contributed by atoms with Crippen LogP contribution < -0.4 is 5.32 Å². The normalized spacial score (nSPS) is 20.5. The van der Waals surface area contributed by atoms with E-state index in [1.54, 1.807) is 0 Å². The third-order valence-electron chi connectivity index (χ3n) is 3.86. The fourth-order valence-corrected chi connectivity index (χ4v) is 2.19. The molecule has 0 amide bonds. The second-order valence-electron chi connectivity index (χ2n) is 5.75. The van der Waals surface area contributed by atoms with Gasteiger partial charge in [0.25, 0.3) is 0 Å². The Bertz CT molecular complexity index is 200. The van der Waals surface area contributed by atoms with Crippen LogP contribution in [-0.2, 0) is 0 Å². The van der Waals surface area contributed by atoms with Crippen molar-refractivity contribution in [2.75, 3.05) is 66.5 Å². The Morgan fingerprint density at radius 2 is 1.61 bits per heavy atom. The molecule has 0 saturated carbocycles. The fraction of sp³-hybridized carbons (Fsp3) is 1.00. The lowest BCUT2D eigenvalue weighted by atomic mass is 10.2. The molecule has 18 heavy (non-hydrogen) atoms. The molecule has 1 aliphatic heterocycles. The maximum atomic E-state index is 3.57. The van der Waals surface area contributed by atoms with Crippen molar-refractivity contribution in [2.45, 2.75) is 26.3 Å². The van der Waals surface area contributed by atoms with E-state index < -0.39 is 0 Å². The molecule has 4 heteroatoms. The molecule has 0 aromatic rings. The summed E-state index contributed by atoms with van der Waals surface area (Å²) >= 11 is 0. The summed E-state index contributed by atoms with van der Waals surface area (Å²) in [6, 6.07) is 0.659. The van der Waals surface area contributed by atoms with Crippen molar-refractivity contribution in [3.05, 3.63) is 0 Å². The molecular formula is C14H32N4. The van der Waals surface area contributed by atoms with Gasteiger partial charge in [-0.25, -0.2) is 0 Å². The van der Waals surface area contributed by atoms with Crippen LogP contribution in [0.25, 0.3) is 0 Å². The number of nitrogens with zero attached hydrogens (tertiary/aromatic N) is 3. The first-order valence-corrected chi connectivity index (χ1v) is 7.44. The van der Waals surface area contributed by atoms with E-state index in [-0.39, 0.29) is 0 Å². The molecule has 1 saturated heterocycles. The van der Waals surface area contributed by atoms with E-state index in [0.717, 1.165) is 6.54 Å². The Hall–Kier alpha value is -0.160. The van der Waals surface area contributed by atoms with Crippen molar-refractivity contribution in [1.82, 2.24) is 20.0 Å². The van der Waals surface area contributed by atoms with Crippen molar-refractivity contribution < 1.29 is 0 Å². The van der Waals surface area contributed by atoms with Crippen LogP contribution in [0.1, 0.15) is 20.3 Å². The van der Waals surface area contributed by atoms with Gasteiger partial charge in [-0.2, -0.15) is 0 Å². The zero-order valence-corrected chi connectivity index (χ0v) is 12.8. The van der Waals surface area contributed by atoms with Crippen molar-refractivity contribution in [3.63, 3.8) is 0 Å². The summed E-state index contributed by atoms with van der Waals surface area (Å²) in [7, 11) is 4.30. The zero-order chi connectivity index (χ0) is 13.4. The van der Waals surface area contributed by atoms with Crippen molar-refractivity contribution in [2.24, 2.45) is 0 Å². The first-order valence-electron chi connectivity index (χ1n) is 7.44. The van der Waals surface area contributed by atoms with Gasteiger partial charge in [-0.15, -0.1) is 0 Å². The number of piperazine rings is 1. The molecule has 108 valence electrons. The van der Waals surface area contributed by atoms with Gasteiger partial charge >= 0.3 is 0 Å². The van der Waals surface area contributed by atoms with Gasteiger partial charge < -0.3 is 10.2 Å². The zero-order valence-electron chi connectivity index (χ0n) is 12.8. The van der Waals surface area contributed by atoms with Gasteiger partial charge in [0.2, 0.25) is 0 Å². The molecule has 0 spiro atoms. The molecule has 4 nitrogen and oxygen atoms in total. The van der Waals surface area contributed by atoms with Gasteiger partial charge in [-0.1, -0.05) is 6.92 Å². The van der Waals surface area contributed by atoms with E-state index in [0.29, 0.717) is 6.04 Å². The second-order valence-corrected chi connectivity index (χ2v) is 5.75. The summed E-state index contributed by atoms with van der Waals surface area (Å²) < 4.78 is 0. The minimum atomic E-state index is 0.659. The Balaban J connectivity index is 2.04. The smallest absolute Gasteiger partial charge is 0.0110 e. The number of hydrogen-bond donors (Lipinski definition) is 1. The van der Waals surface area contributed by atoms with Gasteiger partial charge in [0, 0.05) is 58.4 Å². The topological polar surface area (TPSA) is 21.8 Å². The summed E-state index contributed by atoms with van der Waals surface area (Å²) in [6.45, 7) is 14.2. The van der Waals surface area contributed by atoms with E-state index in [1.807, 2.05) is 0 Å². The van der Waals surface area contributed by atoms with Crippen LogP contribution in [-0.4, -0.2) is 87.2 Å². The van der Waals surface area contributed by atoms with E-state index >= 15 is 0 Å². The molecule has 1 unspecified atom stereocenters. The van der Waals surface area contributed by atoms with Crippen molar-refractivity contribution >= 4 is 0 Å². The maximum Gasteiger partial charge on any atom is 0.0110 e. The molecule has 1 fully saturated rings. The SMILES string of the molecule is CCC(C)NCCN1CCN(CCN(C)C)CC1. The maximum absolute atomic E-state index is 3.57. The minimum absolute atomic E-state index is 0.659. The highest BCUT2D eigenvalue weighted by atomic mass is 15.3. The highest BCUT2D eigenvalue weighted by Gasteiger charge is 2.16. The van der Waals surface area contributed by atoms with Crippen LogP contribution >= 0.6 is 0 Å². The van der Waals surface area contributed by atoms with Gasteiger partial charge in [0.05, 0.1) is 0 Å². The molecule has 1 atom stereocenters. The lowest BCUT2D eigenvalue weighted by molar-refractivity contribution is 0.125. The molecule has 1 aliphatic rings. The summed E-state index contributed by atoms with van der Waals surface area (Å²) in [6.07, 6.45) is 1.22. The Morgan fingerprint density at radius 3 is 2.11 bits per heavy atom. The molecular weight excluding hydrogens is 224 g/mol. The molecule has 1 rings (SSSR count). The van der Waals surface area contributed by atoms with E-state index in [4.69, 9.17) is 0 Å². The van der Waals surface area contributed by atoms with Gasteiger partial charge in [0.1, 0.15) is 0 Å². The predicted molar refractivity (Wildman–Crippen MR) is 79.2 cm³/mol. The number of rotatable bonds is 8. The standard InChI is InChI=1S/C14H32N4/c1-5-14(2)15-6-7-17-10-12-18(13-11-17)9-8-16(3)4/h14-15H,5-13H2,1-4H3. The second kappa shape index (κ2) is 8.86. The highest BCUT2D eigenvalue weighted by molar-refractivity contribution is 4.73. The Labute approximate surface area is 113 Å². The molecule has 0 aromatic carbocycles. The third kappa shape index (κ3) is 6.69. The summed E-state index contributed by atoms with van der Waals surface area (Å²) in [4.78, 5) is 7.43. The molecule has 1 N–H and O–H groups in total. The number of hydrogen-bond acceptors (Lipinski definition) is 4. The van der Waals surface area contributed by atoms with E-state index in [1.165, 1.54) is 52.2 Å². The van der Waals surface area contributed by atoms with Crippen LogP contribution in [0, 0.1) is 0 Å².